The molecule has 10 nitrogen and oxygen atoms in total. The summed E-state index contributed by atoms with van der Waals surface area (Å²) in [6, 6.07) is 8.45. The van der Waals surface area contributed by atoms with E-state index in [4.69, 9.17) is 29.7 Å². The predicted octanol–water partition coefficient (Wildman–Crippen LogP) is 3.90. The molecule has 0 aliphatic carbocycles. The lowest BCUT2D eigenvalue weighted by molar-refractivity contribution is 0.0866. The summed E-state index contributed by atoms with van der Waals surface area (Å²) in [7, 11) is 0. The molecule has 0 spiro atoms. The lowest BCUT2D eigenvalue weighted by Gasteiger charge is -2.29. The molecule has 3 N–H and O–H groups in total. The molecule has 13 heteroatoms. The summed E-state index contributed by atoms with van der Waals surface area (Å²) >= 11 is 4.45. The number of nitrogens with one attached hydrogen (secondary N) is 1. The summed E-state index contributed by atoms with van der Waals surface area (Å²) in [5.41, 5.74) is 5.55. The molecule has 2 aromatic rings. The van der Waals surface area contributed by atoms with E-state index in [9.17, 15) is 4.39 Å². The van der Waals surface area contributed by atoms with Gasteiger partial charge in [-0.2, -0.15) is 4.39 Å². The fourth-order valence-electron chi connectivity index (χ4n) is 4.69. The summed E-state index contributed by atoms with van der Waals surface area (Å²) in [4.78, 5) is 13.0. The van der Waals surface area contributed by atoms with Crippen LogP contribution in [0.4, 0.5) is 21.8 Å². The number of halogens is 3. The first kappa shape index (κ1) is 32.8. The van der Waals surface area contributed by atoms with Crippen LogP contribution in [0.2, 0.25) is 0 Å². The van der Waals surface area contributed by atoms with Gasteiger partial charge in [0.2, 0.25) is 5.95 Å². The first-order chi connectivity index (χ1) is 20.0. The highest BCUT2D eigenvalue weighted by Crippen LogP contribution is 2.22. The van der Waals surface area contributed by atoms with E-state index in [1.54, 1.807) is 0 Å². The zero-order valence-electron chi connectivity index (χ0n) is 23.4. The number of pyridine rings is 2. The first-order valence-electron chi connectivity index (χ1n) is 14.3. The van der Waals surface area contributed by atoms with Crippen molar-refractivity contribution >= 4 is 62.6 Å². The van der Waals surface area contributed by atoms with Gasteiger partial charge < -0.3 is 39.8 Å². The molecular weight excluding hydrogens is 757 g/mol. The lowest BCUT2D eigenvalue weighted by atomic mass is 10.1. The minimum Gasteiger partial charge on any atom is -0.381 e. The number of ether oxygens (including phenoxy) is 4. The van der Waals surface area contributed by atoms with Crippen molar-refractivity contribution in [1.29, 1.82) is 0 Å². The Labute approximate surface area is 269 Å². The molecule has 4 aliphatic heterocycles. The first-order valence-corrected chi connectivity index (χ1v) is 16.5. The maximum atomic E-state index is 13.0. The van der Waals surface area contributed by atoms with Crippen molar-refractivity contribution in [3.8, 4) is 0 Å². The van der Waals surface area contributed by atoms with E-state index in [1.165, 1.54) is 9.64 Å². The van der Waals surface area contributed by atoms with Gasteiger partial charge in [-0.25, -0.2) is 9.97 Å². The number of nitrogens with zero attached hydrogens (tertiary/aromatic N) is 4. The Morgan fingerprint density at radius 1 is 0.683 bits per heavy atom. The van der Waals surface area contributed by atoms with Crippen LogP contribution >= 0.6 is 45.2 Å². The van der Waals surface area contributed by atoms with E-state index in [0.717, 1.165) is 107 Å². The Kier molecular flexibility index (Phi) is 14.3. The number of hydrogen-bond acceptors (Lipinski definition) is 10. The number of morpholine rings is 2. The molecule has 6 rings (SSSR count). The SMILES string of the molecule is Fc1cc(I)cc(N2CCOCC2)n1.Ic1cc(NC2CCOCC2)nc(N2CCOCC2)c1.NC1CCOCC1. The number of aromatic nitrogens is 2. The van der Waals surface area contributed by atoms with E-state index in [0.29, 0.717) is 31.1 Å². The summed E-state index contributed by atoms with van der Waals surface area (Å²) in [5, 5.41) is 3.55. The van der Waals surface area contributed by atoms with Crippen molar-refractivity contribution < 1.29 is 23.3 Å². The highest BCUT2D eigenvalue weighted by atomic mass is 127. The van der Waals surface area contributed by atoms with Crippen molar-refractivity contribution in [2.75, 3.05) is 94.2 Å². The van der Waals surface area contributed by atoms with Crippen LogP contribution in [0.3, 0.4) is 0 Å². The number of anilines is 3. The summed E-state index contributed by atoms with van der Waals surface area (Å²) < 4.78 is 36.2. The molecule has 6 heterocycles. The molecule has 4 aliphatic rings. The fraction of sp³-hybridized carbons (Fsp3) is 0.643. The van der Waals surface area contributed by atoms with Crippen LogP contribution in [0.1, 0.15) is 25.7 Å². The van der Waals surface area contributed by atoms with Gasteiger partial charge >= 0.3 is 0 Å². The van der Waals surface area contributed by atoms with Gasteiger partial charge in [0.1, 0.15) is 17.5 Å². The Morgan fingerprint density at radius 2 is 1.15 bits per heavy atom. The van der Waals surface area contributed by atoms with E-state index in [2.05, 4.69) is 72.5 Å². The van der Waals surface area contributed by atoms with Crippen LogP contribution in [0.15, 0.2) is 24.3 Å². The van der Waals surface area contributed by atoms with Crippen molar-refractivity contribution in [2.24, 2.45) is 5.73 Å². The van der Waals surface area contributed by atoms with E-state index >= 15 is 0 Å². The fourth-order valence-corrected chi connectivity index (χ4v) is 5.80. The predicted molar refractivity (Wildman–Crippen MR) is 175 cm³/mol. The average molecular weight is 798 g/mol. The van der Waals surface area contributed by atoms with Crippen LogP contribution < -0.4 is 20.9 Å². The van der Waals surface area contributed by atoms with Gasteiger partial charge in [-0.3, -0.25) is 0 Å². The van der Waals surface area contributed by atoms with Crippen LogP contribution in [0.25, 0.3) is 0 Å². The van der Waals surface area contributed by atoms with Crippen molar-refractivity contribution in [1.82, 2.24) is 9.97 Å². The lowest BCUT2D eigenvalue weighted by Crippen LogP contribution is -2.37. The van der Waals surface area contributed by atoms with Crippen LogP contribution in [0, 0.1) is 13.1 Å². The molecule has 228 valence electrons. The second-order valence-electron chi connectivity index (χ2n) is 10.2. The maximum Gasteiger partial charge on any atom is 0.215 e. The third kappa shape index (κ3) is 11.8. The quantitative estimate of drug-likeness (QED) is 0.350. The highest BCUT2D eigenvalue weighted by molar-refractivity contribution is 14.1. The molecule has 4 saturated heterocycles. The van der Waals surface area contributed by atoms with Crippen LogP contribution in [-0.4, -0.2) is 101 Å². The average Bonchev–Trinajstić information content (AvgIpc) is 2.99. The minimum absolute atomic E-state index is 0.411. The summed E-state index contributed by atoms with van der Waals surface area (Å²) in [5.74, 6) is 2.32. The van der Waals surface area contributed by atoms with Gasteiger partial charge in [0.05, 0.1) is 26.4 Å². The summed E-state index contributed by atoms with van der Waals surface area (Å²) in [6.45, 7) is 9.78. The Balaban J connectivity index is 0.000000159. The normalized spacial score (nSPS) is 20.4. The van der Waals surface area contributed by atoms with E-state index in [1.807, 2.05) is 11.0 Å². The van der Waals surface area contributed by atoms with E-state index in [-0.39, 0.29) is 0 Å². The van der Waals surface area contributed by atoms with Gasteiger partial charge in [-0.15, -0.1) is 0 Å². The molecule has 0 radical (unpaired) electrons. The molecule has 0 aromatic carbocycles. The zero-order valence-corrected chi connectivity index (χ0v) is 27.7. The smallest absolute Gasteiger partial charge is 0.215 e. The van der Waals surface area contributed by atoms with Crippen molar-refractivity contribution in [3.05, 3.63) is 37.4 Å². The number of rotatable bonds is 4. The largest absolute Gasteiger partial charge is 0.381 e. The molecule has 0 saturated carbocycles. The third-order valence-electron chi connectivity index (χ3n) is 7.03. The topological polar surface area (TPSA) is 107 Å². The summed E-state index contributed by atoms with van der Waals surface area (Å²) in [6.07, 6.45) is 4.19. The van der Waals surface area contributed by atoms with Gasteiger partial charge in [-0.1, -0.05) is 0 Å². The number of nitrogens with two attached hydrogens (primary N) is 1. The Hall–Kier alpha value is -1.11. The molecular formula is C28H41FI2N6O4. The Morgan fingerprint density at radius 3 is 1.63 bits per heavy atom. The van der Waals surface area contributed by atoms with Crippen molar-refractivity contribution in [2.45, 2.75) is 37.8 Å². The molecule has 2 aromatic heterocycles. The van der Waals surface area contributed by atoms with Gasteiger partial charge in [0.15, 0.2) is 0 Å². The van der Waals surface area contributed by atoms with Crippen LogP contribution in [0.5, 0.6) is 0 Å². The van der Waals surface area contributed by atoms with Gasteiger partial charge in [-0.05, 0) is 89.1 Å². The molecule has 0 atom stereocenters. The Bertz CT molecular complexity index is 1030. The van der Waals surface area contributed by atoms with E-state index < -0.39 is 5.95 Å². The standard InChI is InChI=1S/C14H20IN3O2.C9H10FIN2O.C5H11NO/c15-11-9-13(16-12-1-5-19-6-2-12)17-14(10-11)18-3-7-20-8-4-18;10-8-5-7(11)6-9(12-8)13-1-3-14-4-2-13;6-5-1-3-7-4-2-5/h9-10,12H,1-8H2,(H,16,17);5-6H,1-4H2;5H,1-4,6H2. The maximum absolute atomic E-state index is 13.0. The second-order valence-corrected chi connectivity index (χ2v) is 12.7. The molecule has 0 bridgehead atoms. The monoisotopic (exact) mass is 798 g/mol. The molecule has 4 fully saturated rings. The molecule has 0 unspecified atom stereocenters. The second kappa shape index (κ2) is 17.9. The van der Waals surface area contributed by atoms with Gasteiger partial charge in [0.25, 0.3) is 0 Å². The third-order valence-corrected chi connectivity index (χ3v) is 8.28. The van der Waals surface area contributed by atoms with Crippen LogP contribution in [-0.2, 0) is 18.9 Å². The molecule has 41 heavy (non-hydrogen) atoms. The van der Waals surface area contributed by atoms with Crippen molar-refractivity contribution in [3.63, 3.8) is 0 Å². The van der Waals surface area contributed by atoms with Gasteiger partial charge in [0, 0.05) is 77.9 Å². The zero-order chi connectivity index (χ0) is 28.9. The highest BCUT2D eigenvalue weighted by Gasteiger charge is 2.17. The molecule has 0 amide bonds. The number of hydrogen-bond donors (Lipinski definition) is 2. The minimum atomic E-state index is -0.418.